The Bertz CT molecular complexity index is 1220. The third-order valence-corrected chi connectivity index (χ3v) is 10.4. The second-order valence-electron chi connectivity index (χ2n) is 9.34. The number of thiazole rings is 1. The maximum Gasteiger partial charge on any atom is 0.305 e. The molecule has 7 nitrogen and oxygen atoms in total. The highest BCUT2D eigenvalue weighted by Crippen LogP contribution is 2.68. The van der Waals surface area contributed by atoms with Crippen LogP contribution in [0.25, 0.3) is 0 Å². The molecule has 2 aliphatic heterocycles. The van der Waals surface area contributed by atoms with Gasteiger partial charge in [0, 0.05) is 29.0 Å². The Kier molecular flexibility index (Phi) is 4.81. The molecule has 0 spiro atoms. The van der Waals surface area contributed by atoms with Gasteiger partial charge in [-0.15, -0.1) is 11.8 Å². The fourth-order valence-corrected chi connectivity index (χ4v) is 9.62. The van der Waals surface area contributed by atoms with Crippen LogP contribution in [0.2, 0.25) is 0 Å². The molecule has 3 heterocycles. The molecule has 2 aromatic rings. The van der Waals surface area contributed by atoms with Crippen molar-refractivity contribution < 1.29 is 23.9 Å². The highest BCUT2D eigenvalue weighted by molar-refractivity contribution is 8.00. The predicted octanol–water partition coefficient (Wildman–Crippen LogP) is 2.91. The Hall–Kier alpha value is -2.46. The van der Waals surface area contributed by atoms with Gasteiger partial charge in [0.1, 0.15) is 5.82 Å². The zero-order valence-corrected chi connectivity index (χ0v) is 19.0. The van der Waals surface area contributed by atoms with Crippen LogP contribution in [0.5, 0.6) is 0 Å². The maximum absolute atomic E-state index is 13.7. The van der Waals surface area contributed by atoms with Gasteiger partial charge < -0.3 is 10.1 Å². The number of carbonyl (C=O) groups excluding carboxylic acids is 2. The molecule has 10 heteroatoms. The van der Waals surface area contributed by atoms with Crippen LogP contribution >= 0.6 is 23.1 Å². The van der Waals surface area contributed by atoms with E-state index < -0.39 is 11.9 Å². The van der Waals surface area contributed by atoms with Gasteiger partial charge >= 0.3 is 10.8 Å². The number of likely N-dealkylation sites (tertiary alicyclic amines) is 1. The molecule has 4 aliphatic rings. The Morgan fingerprint density at radius 1 is 1.12 bits per heavy atom. The zero-order valence-electron chi connectivity index (χ0n) is 17.4. The van der Waals surface area contributed by atoms with Gasteiger partial charge in [0.15, 0.2) is 0 Å². The SMILES string of the molecule is O=C(O)CCCN1C(=O)[C@@H]2[C@H]3C[C@@H]([C@@H]2C1=O)[C@@H]1[C@@H](c2ccc(F)cc2)c2sc(=O)[nH]c2S[C@H]31. The molecule has 0 radical (unpaired) electrons. The Morgan fingerprint density at radius 2 is 1.82 bits per heavy atom. The van der Waals surface area contributed by atoms with Gasteiger partial charge in [0.05, 0.1) is 16.9 Å². The van der Waals surface area contributed by atoms with Crippen molar-refractivity contribution in [2.75, 3.05) is 6.54 Å². The number of nitrogens with one attached hydrogen (secondary N) is 1. The normalized spacial score (nSPS) is 33.8. The molecule has 6 rings (SSSR count). The average molecular weight is 489 g/mol. The van der Waals surface area contributed by atoms with Crippen molar-refractivity contribution in [3.05, 3.63) is 50.2 Å². The standard InChI is InChI=1S/C23H21FN2O5S2/c24-10-5-3-9(4-6-10)14-15-11-8-12(18(15)32-20-19(14)33-23(31)25-20)17-16(11)21(29)26(22(17)30)7-1-2-13(27)28/h3-6,11-12,14-18H,1-2,7-8H2,(H,25,31)(H,27,28)/t11-,12-,14-,15-,16+,17-,18-/m1/s1. The minimum absolute atomic E-state index is 0.00108. The van der Waals surface area contributed by atoms with Crippen molar-refractivity contribution in [2.45, 2.75) is 35.5 Å². The molecule has 7 atom stereocenters. The van der Waals surface area contributed by atoms with Gasteiger partial charge in [0.2, 0.25) is 11.8 Å². The van der Waals surface area contributed by atoms with Gasteiger partial charge in [-0.2, -0.15) is 0 Å². The van der Waals surface area contributed by atoms with Gasteiger partial charge in [-0.25, -0.2) is 4.39 Å². The number of hydrogen-bond acceptors (Lipinski definition) is 6. The Labute approximate surface area is 196 Å². The van der Waals surface area contributed by atoms with Gasteiger partial charge in [-0.1, -0.05) is 23.5 Å². The first-order chi connectivity index (χ1) is 15.8. The number of aromatic amines is 1. The molecule has 2 amide bonds. The first-order valence-electron chi connectivity index (χ1n) is 11.1. The van der Waals surface area contributed by atoms with E-state index in [9.17, 15) is 23.6 Å². The molecule has 2 N–H and O–H groups in total. The number of halogens is 1. The van der Waals surface area contributed by atoms with E-state index in [-0.39, 0.29) is 76.7 Å². The molecule has 1 aromatic carbocycles. The van der Waals surface area contributed by atoms with E-state index in [4.69, 9.17) is 5.11 Å². The summed E-state index contributed by atoms with van der Waals surface area (Å²) in [6.07, 6.45) is 0.954. The van der Waals surface area contributed by atoms with E-state index in [1.165, 1.54) is 28.4 Å². The summed E-state index contributed by atoms with van der Waals surface area (Å²) in [5.41, 5.74) is 0.919. The number of rotatable bonds is 5. The number of aromatic nitrogens is 1. The summed E-state index contributed by atoms with van der Waals surface area (Å²) in [6.45, 7) is 0.140. The van der Waals surface area contributed by atoms with Crippen LogP contribution in [0.1, 0.15) is 35.6 Å². The van der Waals surface area contributed by atoms with Crippen LogP contribution in [0.4, 0.5) is 4.39 Å². The summed E-state index contributed by atoms with van der Waals surface area (Å²) >= 11 is 2.78. The number of hydrogen-bond donors (Lipinski definition) is 2. The van der Waals surface area contributed by atoms with E-state index in [0.717, 1.165) is 21.9 Å². The van der Waals surface area contributed by atoms with E-state index in [1.807, 2.05) is 0 Å². The van der Waals surface area contributed by atoms with Crippen LogP contribution in [-0.2, 0) is 14.4 Å². The average Bonchev–Trinajstić information content (AvgIpc) is 3.49. The monoisotopic (exact) mass is 488 g/mol. The van der Waals surface area contributed by atoms with Crippen LogP contribution in [-0.4, -0.2) is 44.6 Å². The zero-order chi connectivity index (χ0) is 23.0. The summed E-state index contributed by atoms with van der Waals surface area (Å²) in [5, 5.41) is 9.82. The van der Waals surface area contributed by atoms with E-state index >= 15 is 0 Å². The minimum atomic E-state index is -0.945. The molecule has 0 unspecified atom stereocenters. The number of carboxylic acid groups (broad SMARTS) is 1. The number of benzene rings is 1. The van der Waals surface area contributed by atoms with Gasteiger partial charge in [-0.3, -0.25) is 24.1 Å². The minimum Gasteiger partial charge on any atom is -0.481 e. The summed E-state index contributed by atoms with van der Waals surface area (Å²) in [5.74, 6) is -2.44. The van der Waals surface area contributed by atoms with Crippen LogP contribution in [0.15, 0.2) is 34.1 Å². The predicted molar refractivity (Wildman–Crippen MR) is 118 cm³/mol. The number of nitrogens with zero attached hydrogens (tertiary/aromatic N) is 1. The van der Waals surface area contributed by atoms with Crippen molar-refractivity contribution >= 4 is 40.9 Å². The van der Waals surface area contributed by atoms with Crippen molar-refractivity contribution in [1.82, 2.24) is 9.88 Å². The molecule has 3 fully saturated rings. The lowest BCUT2D eigenvalue weighted by molar-refractivity contribution is -0.142. The highest BCUT2D eigenvalue weighted by atomic mass is 32.2. The molecule has 2 aliphatic carbocycles. The lowest BCUT2D eigenvalue weighted by Crippen LogP contribution is -2.42. The summed E-state index contributed by atoms with van der Waals surface area (Å²) in [7, 11) is 0. The maximum atomic E-state index is 13.7. The Morgan fingerprint density at radius 3 is 2.52 bits per heavy atom. The quantitative estimate of drug-likeness (QED) is 0.627. The first-order valence-corrected chi connectivity index (χ1v) is 12.8. The summed E-state index contributed by atoms with van der Waals surface area (Å²) in [6, 6.07) is 6.35. The van der Waals surface area contributed by atoms with Gasteiger partial charge in [-0.05, 0) is 48.3 Å². The van der Waals surface area contributed by atoms with Crippen molar-refractivity contribution in [2.24, 2.45) is 29.6 Å². The topological polar surface area (TPSA) is 108 Å². The number of thioether (sulfide) groups is 1. The smallest absolute Gasteiger partial charge is 0.305 e. The lowest BCUT2D eigenvalue weighted by Gasteiger charge is -2.43. The third-order valence-electron chi connectivity index (χ3n) is 7.82. The third kappa shape index (κ3) is 3.06. The molecule has 2 saturated carbocycles. The second-order valence-corrected chi connectivity index (χ2v) is 11.5. The summed E-state index contributed by atoms with van der Waals surface area (Å²) < 4.78 is 13.7. The molecule has 1 saturated heterocycles. The van der Waals surface area contributed by atoms with Crippen molar-refractivity contribution in [3.63, 3.8) is 0 Å². The van der Waals surface area contributed by atoms with Crippen LogP contribution < -0.4 is 4.87 Å². The number of fused-ring (bicyclic) bond motifs is 9. The lowest BCUT2D eigenvalue weighted by atomic mass is 9.68. The molecular formula is C23H21FN2O5S2. The number of aliphatic carboxylic acids is 1. The number of carbonyl (C=O) groups is 3. The molecular weight excluding hydrogens is 467 g/mol. The van der Waals surface area contributed by atoms with E-state index in [0.29, 0.717) is 0 Å². The molecule has 33 heavy (non-hydrogen) atoms. The summed E-state index contributed by atoms with van der Waals surface area (Å²) in [4.78, 5) is 54.7. The molecule has 172 valence electrons. The molecule has 1 aromatic heterocycles. The second kappa shape index (κ2) is 7.53. The highest BCUT2D eigenvalue weighted by Gasteiger charge is 2.69. The van der Waals surface area contributed by atoms with Crippen LogP contribution in [0, 0.1) is 35.4 Å². The van der Waals surface area contributed by atoms with Crippen LogP contribution in [0.3, 0.4) is 0 Å². The first kappa shape index (κ1) is 21.1. The number of H-pyrrole nitrogens is 1. The van der Waals surface area contributed by atoms with E-state index in [1.54, 1.807) is 23.9 Å². The number of imide groups is 1. The number of amides is 2. The van der Waals surface area contributed by atoms with E-state index in [2.05, 4.69) is 4.98 Å². The fourth-order valence-electron chi connectivity index (χ4n) is 6.73. The van der Waals surface area contributed by atoms with Gasteiger partial charge in [0.25, 0.3) is 0 Å². The van der Waals surface area contributed by atoms with Crippen molar-refractivity contribution in [1.29, 1.82) is 0 Å². The number of carboxylic acids is 1. The molecule has 2 bridgehead atoms. The van der Waals surface area contributed by atoms with Crippen molar-refractivity contribution in [3.8, 4) is 0 Å². The largest absolute Gasteiger partial charge is 0.481 e. The Balaban J connectivity index is 1.37. The fraction of sp³-hybridized carbons (Fsp3) is 0.478.